The summed E-state index contributed by atoms with van der Waals surface area (Å²) in [7, 11) is 0. The number of hydrogen-bond acceptors (Lipinski definition) is 4. The van der Waals surface area contributed by atoms with Crippen LogP contribution >= 0.6 is 15.9 Å². The number of piperidine rings is 1. The lowest BCUT2D eigenvalue weighted by atomic mass is 10.00. The molecule has 2 N–H and O–H groups in total. The number of nitrogens with one attached hydrogen (secondary N) is 2. The van der Waals surface area contributed by atoms with Crippen molar-refractivity contribution in [3.8, 4) is 11.3 Å². The van der Waals surface area contributed by atoms with E-state index in [2.05, 4.69) is 72.5 Å². The Kier molecular flexibility index (Phi) is 6.82. The second-order valence-electron chi connectivity index (χ2n) is 10.0. The van der Waals surface area contributed by atoms with E-state index in [1.165, 1.54) is 22.4 Å². The van der Waals surface area contributed by atoms with E-state index < -0.39 is 0 Å². The second-order valence-corrected chi connectivity index (χ2v) is 10.9. The van der Waals surface area contributed by atoms with Gasteiger partial charge in [0.25, 0.3) is 0 Å². The number of urea groups is 1. The number of fused-ring (bicyclic) bond motifs is 2. The molecule has 188 valence electrons. The van der Waals surface area contributed by atoms with Crippen LogP contribution in [0.1, 0.15) is 36.1 Å². The smallest absolute Gasteiger partial charge is 0.322 e. The molecule has 0 bridgehead atoms. The first kappa shape index (κ1) is 23.7. The first-order valence-corrected chi connectivity index (χ1v) is 13.9. The van der Waals surface area contributed by atoms with Gasteiger partial charge in [-0.1, -0.05) is 46.3 Å². The molecule has 7 nitrogen and oxygen atoms in total. The van der Waals surface area contributed by atoms with E-state index in [0.29, 0.717) is 6.54 Å². The Morgan fingerprint density at radius 2 is 1.81 bits per heavy atom. The minimum Gasteiger partial charge on any atom is -0.334 e. The van der Waals surface area contributed by atoms with Gasteiger partial charge >= 0.3 is 6.03 Å². The molecular weight excluding hydrogens is 516 g/mol. The van der Waals surface area contributed by atoms with Gasteiger partial charge < -0.3 is 15.5 Å². The van der Waals surface area contributed by atoms with Crippen LogP contribution in [0, 0.1) is 0 Å². The molecule has 0 atom stereocenters. The van der Waals surface area contributed by atoms with Crippen LogP contribution in [-0.2, 0) is 26.1 Å². The third-order valence-electron chi connectivity index (χ3n) is 7.79. The highest BCUT2D eigenvalue weighted by molar-refractivity contribution is 9.10. The van der Waals surface area contributed by atoms with Gasteiger partial charge in [0.1, 0.15) is 0 Å². The van der Waals surface area contributed by atoms with Gasteiger partial charge in [0, 0.05) is 73.0 Å². The summed E-state index contributed by atoms with van der Waals surface area (Å²) in [6.45, 7) is 6.60. The van der Waals surface area contributed by atoms with E-state index in [0.717, 1.165) is 80.8 Å². The van der Waals surface area contributed by atoms with Gasteiger partial charge in [-0.25, -0.2) is 4.79 Å². The van der Waals surface area contributed by atoms with E-state index in [1.54, 1.807) is 0 Å². The summed E-state index contributed by atoms with van der Waals surface area (Å²) in [6.07, 6.45) is 4.14. The van der Waals surface area contributed by atoms with Crippen LogP contribution < -0.4 is 15.5 Å². The average molecular weight is 550 g/mol. The van der Waals surface area contributed by atoms with Gasteiger partial charge in [-0.2, -0.15) is 5.10 Å². The van der Waals surface area contributed by atoms with Crippen LogP contribution in [0.15, 0.2) is 53.0 Å². The van der Waals surface area contributed by atoms with Crippen LogP contribution in [0.5, 0.6) is 0 Å². The number of carbonyl (C=O) groups excluding carboxylic acids is 1. The number of rotatable bonds is 6. The maximum absolute atomic E-state index is 12.7. The Labute approximate surface area is 221 Å². The highest BCUT2D eigenvalue weighted by atomic mass is 79.9. The Morgan fingerprint density at radius 1 is 1.00 bits per heavy atom. The number of para-hydroxylation sites is 1. The number of aryl methyl sites for hydroxylation is 1. The summed E-state index contributed by atoms with van der Waals surface area (Å²) in [4.78, 5) is 17.2. The predicted octanol–water partition coefficient (Wildman–Crippen LogP) is 4.54. The fourth-order valence-corrected chi connectivity index (χ4v) is 6.18. The SMILES string of the molecule is O=C1NCc2ccccc2N1C1CCN(CCCn2nc(-c3ccc(Br)cc3)c3c2CCNC3)CC1. The van der Waals surface area contributed by atoms with Crippen molar-refractivity contribution in [1.82, 2.24) is 25.3 Å². The van der Waals surface area contributed by atoms with Crippen molar-refractivity contribution in [1.29, 1.82) is 0 Å². The second kappa shape index (κ2) is 10.4. The Balaban J connectivity index is 1.07. The number of halogens is 1. The number of amides is 2. The van der Waals surface area contributed by atoms with Crippen molar-refractivity contribution in [2.24, 2.45) is 0 Å². The molecule has 0 unspecified atom stereocenters. The Hall–Kier alpha value is -2.68. The summed E-state index contributed by atoms with van der Waals surface area (Å²) in [5, 5.41) is 11.6. The fraction of sp³-hybridized carbons (Fsp3) is 0.429. The van der Waals surface area contributed by atoms with E-state index in [1.807, 2.05) is 17.0 Å². The molecule has 0 aliphatic carbocycles. The fourth-order valence-electron chi connectivity index (χ4n) is 5.91. The molecule has 1 fully saturated rings. The number of aromatic nitrogens is 2. The van der Waals surface area contributed by atoms with E-state index in [-0.39, 0.29) is 12.1 Å². The monoisotopic (exact) mass is 548 g/mol. The number of nitrogens with zero attached hydrogens (tertiary/aromatic N) is 4. The van der Waals surface area contributed by atoms with Crippen LogP contribution in [-0.4, -0.2) is 52.9 Å². The molecule has 8 heteroatoms. The molecular formula is C28H33BrN6O. The molecule has 4 heterocycles. The molecule has 1 saturated heterocycles. The molecule has 2 amide bonds. The van der Waals surface area contributed by atoms with Gasteiger partial charge in [0.15, 0.2) is 0 Å². The van der Waals surface area contributed by atoms with Crippen molar-refractivity contribution in [2.75, 3.05) is 31.1 Å². The Morgan fingerprint density at radius 3 is 2.64 bits per heavy atom. The highest BCUT2D eigenvalue weighted by Crippen LogP contribution is 2.31. The maximum Gasteiger partial charge on any atom is 0.322 e. The zero-order valence-corrected chi connectivity index (χ0v) is 22.1. The first-order valence-electron chi connectivity index (χ1n) is 13.1. The van der Waals surface area contributed by atoms with Gasteiger partial charge in [0.05, 0.1) is 11.4 Å². The van der Waals surface area contributed by atoms with Crippen molar-refractivity contribution in [2.45, 2.75) is 51.4 Å². The zero-order chi connectivity index (χ0) is 24.5. The molecule has 0 saturated carbocycles. The van der Waals surface area contributed by atoms with Gasteiger partial charge in [-0.15, -0.1) is 0 Å². The standard InChI is InChI=1S/C28H33BrN6O/c29-22-8-6-20(7-9-22)27-24-19-30-13-10-26(24)34(32-27)15-3-14-33-16-11-23(12-17-33)35-25-5-2-1-4-21(25)18-31-28(35)36/h1-2,4-9,23,30H,3,10-19H2,(H,31,36). The van der Waals surface area contributed by atoms with Gasteiger partial charge in [-0.3, -0.25) is 9.58 Å². The normalized spacial score (nSPS) is 18.6. The molecule has 6 rings (SSSR count). The number of hydrogen-bond donors (Lipinski definition) is 2. The topological polar surface area (TPSA) is 65.4 Å². The molecule has 36 heavy (non-hydrogen) atoms. The summed E-state index contributed by atoms with van der Waals surface area (Å²) < 4.78 is 3.35. The largest absolute Gasteiger partial charge is 0.334 e. The molecule has 3 aliphatic heterocycles. The van der Waals surface area contributed by atoms with Crippen molar-refractivity contribution >= 4 is 27.6 Å². The molecule has 0 spiro atoms. The summed E-state index contributed by atoms with van der Waals surface area (Å²) in [5.41, 5.74) is 7.33. The van der Waals surface area contributed by atoms with Gasteiger partial charge in [-0.05, 0) is 49.6 Å². The minimum absolute atomic E-state index is 0.0478. The van der Waals surface area contributed by atoms with Gasteiger partial charge in [0.2, 0.25) is 0 Å². The number of benzene rings is 2. The summed E-state index contributed by atoms with van der Waals surface area (Å²) >= 11 is 3.54. The molecule has 2 aromatic carbocycles. The van der Waals surface area contributed by atoms with E-state index in [4.69, 9.17) is 5.10 Å². The summed E-state index contributed by atoms with van der Waals surface area (Å²) in [5.74, 6) is 0. The quantitative estimate of drug-likeness (QED) is 0.474. The molecule has 3 aromatic rings. The third-order valence-corrected chi connectivity index (χ3v) is 8.32. The Bertz CT molecular complexity index is 1230. The lowest BCUT2D eigenvalue weighted by Gasteiger charge is -2.41. The highest BCUT2D eigenvalue weighted by Gasteiger charge is 2.32. The van der Waals surface area contributed by atoms with E-state index >= 15 is 0 Å². The summed E-state index contributed by atoms with van der Waals surface area (Å²) in [6, 6.07) is 17.1. The van der Waals surface area contributed by atoms with Crippen LogP contribution in [0.3, 0.4) is 0 Å². The number of anilines is 1. The van der Waals surface area contributed by atoms with Crippen LogP contribution in [0.2, 0.25) is 0 Å². The lowest BCUT2D eigenvalue weighted by Crippen LogP contribution is -2.53. The van der Waals surface area contributed by atoms with E-state index in [9.17, 15) is 4.79 Å². The van der Waals surface area contributed by atoms with Crippen LogP contribution in [0.25, 0.3) is 11.3 Å². The van der Waals surface area contributed by atoms with Crippen molar-refractivity contribution in [3.05, 3.63) is 69.8 Å². The molecule has 0 radical (unpaired) electrons. The van der Waals surface area contributed by atoms with Crippen molar-refractivity contribution < 1.29 is 4.79 Å². The number of likely N-dealkylation sites (tertiary alicyclic amines) is 1. The minimum atomic E-state index is 0.0478. The molecule has 3 aliphatic rings. The van der Waals surface area contributed by atoms with Crippen LogP contribution in [0.4, 0.5) is 10.5 Å². The van der Waals surface area contributed by atoms with Crippen molar-refractivity contribution in [3.63, 3.8) is 0 Å². The number of carbonyl (C=O) groups is 1. The molecule has 1 aromatic heterocycles. The maximum atomic E-state index is 12.7. The average Bonchev–Trinajstić information content (AvgIpc) is 3.28. The third kappa shape index (κ3) is 4.69. The lowest BCUT2D eigenvalue weighted by molar-refractivity contribution is 0.198. The first-order chi connectivity index (χ1) is 17.7. The zero-order valence-electron chi connectivity index (χ0n) is 20.5. The predicted molar refractivity (Wildman–Crippen MR) is 146 cm³/mol.